The summed E-state index contributed by atoms with van der Waals surface area (Å²) in [6, 6.07) is 0. The fourth-order valence-electron chi connectivity index (χ4n) is 0.599. The highest BCUT2D eigenvalue weighted by atomic mass is 16.4. The van der Waals surface area contributed by atoms with Gasteiger partial charge in [-0.15, -0.1) is 0 Å². The van der Waals surface area contributed by atoms with Gasteiger partial charge in [0.2, 0.25) is 0 Å². The standard InChI is InChI=1S/C7H14NO2/c1-3-4-5-7(2,8)6(9)10/h2-5,8H2,1H3,(H,9,10). The molecule has 0 aliphatic heterocycles. The van der Waals surface area contributed by atoms with Crippen LogP contribution in [0.25, 0.3) is 0 Å². The van der Waals surface area contributed by atoms with Gasteiger partial charge in [0.25, 0.3) is 0 Å². The zero-order valence-corrected chi connectivity index (χ0v) is 6.26. The van der Waals surface area contributed by atoms with Crippen LogP contribution < -0.4 is 5.73 Å². The summed E-state index contributed by atoms with van der Waals surface area (Å²) in [7, 11) is 0. The van der Waals surface area contributed by atoms with E-state index in [0.29, 0.717) is 6.42 Å². The van der Waals surface area contributed by atoms with Crippen molar-refractivity contribution in [1.29, 1.82) is 0 Å². The lowest BCUT2D eigenvalue weighted by Gasteiger charge is -2.17. The number of carbonyl (C=O) groups is 1. The van der Waals surface area contributed by atoms with E-state index in [9.17, 15) is 4.79 Å². The molecule has 3 nitrogen and oxygen atoms in total. The Morgan fingerprint density at radius 1 is 1.80 bits per heavy atom. The van der Waals surface area contributed by atoms with Gasteiger partial charge in [0.05, 0.1) is 0 Å². The molecule has 59 valence electrons. The topological polar surface area (TPSA) is 63.3 Å². The third-order valence-electron chi connectivity index (χ3n) is 1.40. The zero-order valence-electron chi connectivity index (χ0n) is 6.26. The van der Waals surface area contributed by atoms with Crippen molar-refractivity contribution in [1.82, 2.24) is 0 Å². The lowest BCUT2D eigenvalue weighted by atomic mass is 9.97. The first-order valence-corrected chi connectivity index (χ1v) is 3.38. The molecule has 3 heteroatoms. The predicted molar refractivity (Wildman–Crippen MR) is 39.4 cm³/mol. The number of hydrogen-bond donors (Lipinski definition) is 2. The van der Waals surface area contributed by atoms with Crippen LogP contribution in [-0.4, -0.2) is 16.6 Å². The fourth-order valence-corrected chi connectivity index (χ4v) is 0.599. The summed E-state index contributed by atoms with van der Waals surface area (Å²) in [5, 5.41) is 8.48. The second-order valence-corrected chi connectivity index (χ2v) is 2.56. The van der Waals surface area contributed by atoms with Crippen LogP contribution in [0, 0.1) is 6.92 Å². The Bertz CT molecular complexity index is 121. The highest BCUT2D eigenvalue weighted by Crippen LogP contribution is 2.09. The zero-order chi connectivity index (χ0) is 8.20. The molecule has 0 fully saturated rings. The smallest absolute Gasteiger partial charge is 0.323 e. The molecule has 0 spiro atoms. The average molecular weight is 144 g/mol. The van der Waals surface area contributed by atoms with Crippen LogP contribution in [0.1, 0.15) is 26.2 Å². The Morgan fingerprint density at radius 3 is 2.60 bits per heavy atom. The Morgan fingerprint density at radius 2 is 2.30 bits per heavy atom. The van der Waals surface area contributed by atoms with Gasteiger partial charge in [-0.2, -0.15) is 0 Å². The van der Waals surface area contributed by atoms with E-state index in [0.717, 1.165) is 12.8 Å². The molecule has 1 radical (unpaired) electrons. The molecule has 0 bridgehead atoms. The van der Waals surface area contributed by atoms with E-state index in [1.807, 2.05) is 6.92 Å². The lowest BCUT2D eigenvalue weighted by Crippen LogP contribution is -2.44. The summed E-state index contributed by atoms with van der Waals surface area (Å²) >= 11 is 0. The Kier molecular flexibility index (Phi) is 3.36. The van der Waals surface area contributed by atoms with Gasteiger partial charge >= 0.3 is 5.97 Å². The van der Waals surface area contributed by atoms with Crippen LogP contribution in [0.5, 0.6) is 0 Å². The average Bonchev–Trinajstić information content (AvgIpc) is 1.84. The number of rotatable bonds is 4. The number of carboxylic acid groups (broad SMARTS) is 1. The molecule has 0 heterocycles. The molecule has 10 heavy (non-hydrogen) atoms. The molecular formula is C7H14NO2. The largest absolute Gasteiger partial charge is 0.480 e. The molecule has 0 aliphatic carbocycles. The van der Waals surface area contributed by atoms with Gasteiger partial charge in [0.1, 0.15) is 5.54 Å². The van der Waals surface area contributed by atoms with Crippen LogP contribution >= 0.6 is 0 Å². The van der Waals surface area contributed by atoms with E-state index < -0.39 is 11.5 Å². The maximum atomic E-state index is 10.3. The third-order valence-corrected chi connectivity index (χ3v) is 1.40. The first-order chi connectivity index (χ1) is 4.50. The Balaban J connectivity index is 3.75. The molecule has 1 unspecified atom stereocenters. The van der Waals surface area contributed by atoms with Crippen LogP contribution in [0.3, 0.4) is 0 Å². The van der Waals surface area contributed by atoms with Crippen molar-refractivity contribution >= 4 is 5.97 Å². The van der Waals surface area contributed by atoms with Gasteiger partial charge in [-0.1, -0.05) is 19.8 Å². The van der Waals surface area contributed by atoms with Crippen molar-refractivity contribution in [2.45, 2.75) is 31.7 Å². The number of aliphatic carboxylic acids is 1. The molecule has 0 aromatic heterocycles. The summed E-state index contributed by atoms with van der Waals surface area (Å²) < 4.78 is 0. The number of hydrogen-bond acceptors (Lipinski definition) is 2. The minimum Gasteiger partial charge on any atom is -0.480 e. The second kappa shape index (κ2) is 3.56. The minimum absolute atomic E-state index is 0.443. The van der Waals surface area contributed by atoms with E-state index in [1.54, 1.807) is 0 Å². The second-order valence-electron chi connectivity index (χ2n) is 2.56. The molecule has 0 aliphatic rings. The van der Waals surface area contributed by atoms with Crippen molar-refractivity contribution in [3.63, 3.8) is 0 Å². The van der Waals surface area contributed by atoms with E-state index in [-0.39, 0.29) is 0 Å². The van der Waals surface area contributed by atoms with Crippen LogP contribution in [0.2, 0.25) is 0 Å². The van der Waals surface area contributed by atoms with Crippen LogP contribution in [0.4, 0.5) is 0 Å². The summed E-state index contributed by atoms with van der Waals surface area (Å²) in [6.45, 7) is 5.37. The number of unbranched alkanes of at least 4 members (excludes halogenated alkanes) is 1. The van der Waals surface area contributed by atoms with Crippen LogP contribution in [0.15, 0.2) is 0 Å². The van der Waals surface area contributed by atoms with Gasteiger partial charge in [0, 0.05) is 0 Å². The highest BCUT2D eigenvalue weighted by Gasteiger charge is 2.26. The maximum absolute atomic E-state index is 10.3. The van der Waals surface area contributed by atoms with Crippen molar-refractivity contribution in [3.8, 4) is 0 Å². The first kappa shape index (κ1) is 9.43. The van der Waals surface area contributed by atoms with Crippen molar-refractivity contribution in [2.24, 2.45) is 5.73 Å². The number of nitrogens with two attached hydrogens (primary N) is 1. The van der Waals surface area contributed by atoms with E-state index >= 15 is 0 Å². The Labute approximate surface area is 61.2 Å². The molecule has 0 amide bonds. The summed E-state index contributed by atoms with van der Waals surface area (Å²) in [6.07, 6.45) is 2.20. The summed E-state index contributed by atoms with van der Waals surface area (Å²) in [4.78, 5) is 10.3. The monoisotopic (exact) mass is 144 g/mol. The van der Waals surface area contributed by atoms with Gasteiger partial charge < -0.3 is 10.8 Å². The molecule has 0 saturated carbocycles. The molecule has 0 aromatic carbocycles. The number of carboxylic acids is 1. The molecule has 3 N–H and O–H groups in total. The van der Waals surface area contributed by atoms with Crippen LogP contribution in [-0.2, 0) is 4.79 Å². The molecule has 0 rings (SSSR count). The SMILES string of the molecule is [CH2]C(N)(CCCC)C(=O)O. The first-order valence-electron chi connectivity index (χ1n) is 3.38. The third kappa shape index (κ3) is 2.82. The lowest BCUT2D eigenvalue weighted by molar-refractivity contribution is -0.141. The van der Waals surface area contributed by atoms with Gasteiger partial charge in [0.15, 0.2) is 0 Å². The van der Waals surface area contributed by atoms with E-state index in [2.05, 4.69) is 6.92 Å². The van der Waals surface area contributed by atoms with Gasteiger partial charge in [-0.25, -0.2) is 0 Å². The van der Waals surface area contributed by atoms with E-state index in [4.69, 9.17) is 10.8 Å². The minimum atomic E-state index is -1.28. The maximum Gasteiger partial charge on any atom is 0.323 e. The highest BCUT2D eigenvalue weighted by molar-refractivity contribution is 5.79. The van der Waals surface area contributed by atoms with Gasteiger partial charge in [-0.3, -0.25) is 4.79 Å². The fraction of sp³-hybridized carbons (Fsp3) is 0.714. The summed E-state index contributed by atoms with van der Waals surface area (Å²) in [5.74, 6) is -1.03. The summed E-state index contributed by atoms with van der Waals surface area (Å²) in [5.41, 5.74) is 4.05. The van der Waals surface area contributed by atoms with Crippen molar-refractivity contribution < 1.29 is 9.90 Å². The van der Waals surface area contributed by atoms with Gasteiger partial charge in [-0.05, 0) is 13.3 Å². The molecule has 1 atom stereocenters. The molecular weight excluding hydrogens is 130 g/mol. The van der Waals surface area contributed by atoms with Crippen molar-refractivity contribution in [3.05, 3.63) is 6.92 Å². The quantitative estimate of drug-likeness (QED) is 0.613. The molecule has 0 aromatic rings. The van der Waals surface area contributed by atoms with E-state index in [1.165, 1.54) is 0 Å². The van der Waals surface area contributed by atoms with Crippen molar-refractivity contribution in [2.75, 3.05) is 0 Å². The predicted octanol–water partition coefficient (Wildman–Crippen LogP) is 0.793. The Hall–Kier alpha value is -0.570. The molecule has 0 saturated heterocycles. The normalized spacial score (nSPS) is 16.3.